The van der Waals surface area contributed by atoms with Crippen LogP contribution in [0.3, 0.4) is 0 Å². The number of carbonyl (C=O) groups is 1. The summed E-state index contributed by atoms with van der Waals surface area (Å²) in [5.41, 5.74) is 2.46. The van der Waals surface area contributed by atoms with Crippen LogP contribution in [-0.4, -0.2) is 18.6 Å². The third-order valence-electron chi connectivity index (χ3n) is 2.88. The molecule has 0 saturated heterocycles. The highest BCUT2D eigenvalue weighted by atomic mass is 35.5. The number of hydrogen-bond donors (Lipinski definition) is 0. The van der Waals surface area contributed by atoms with Gasteiger partial charge in [-0.05, 0) is 25.1 Å². The minimum absolute atomic E-state index is 0.0667. The highest BCUT2D eigenvalue weighted by Crippen LogP contribution is 2.20. The Hall–Kier alpha value is -2.13. The first-order valence-electron chi connectivity index (χ1n) is 6.11. The lowest BCUT2D eigenvalue weighted by Crippen LogP contribution is -2.09. The molecular weight excluding hydrogens is 274 g/mol. The summed E-state index contributed by atoms with van der Waals surface area (Å²) >= 11 is 6.00. The Balaban J connectivity index is 2.52. The van der Waals surface area contributed by atoms with Crippen LogP contribution in [0.5, 0.6) is 0 Å². The van der Waals surface area contributed by atoms with E-state index in [9.17, 15) is 4.79 Å². The monoisotopic (exact) mass is 287 g/mol. The molecule has 0 atom stereocenters. The molecule has 2 aromatic rings. The molecular formula is C16H14ClNO2. The van der Waals surface area contributed by atoms with Crippen molar-refractivity contribution in [3.63, 3.8) is 0 Å². The Bertz CT molecular complexity index is 651. The lowest BCUT2D eigenvalue weighted by atomic mass is 9.96. The highest BCUT2D eigenvalue weighted by Gasteiger charge is 2.15. The fourth-order valence-electron chi connectivity index (χ4n) is 1.94. The van der Waals surface area contributed by atoms with Crippen LogP contribution in [0.4, 0.5) is 0 Å². The molecule has 0 saturated carbocycles. The number of carbonyl (C=O) groups excluding carboxylic acids is 1. The maximum absolute atomic E-state index is 12.5. The van der Waals surface area contributed by atoms with Gasteiger partial charge in [-0.3, -0.25) is 4.79 Å². The molecule has 102 valence electrons. The lowest BCUT2D eigenvalue weighted by Gasteiger charge is -2.09. The molecule has 20 heavy (non-hydrogen) atoms. The molecule has 0 amide bonds. The van der Waals surface area contributed by atoms with Crippen LogP contribution in [-0.2, 0) is 4.84 Å². The average molecular weight is 288 g/mol. The smallest absolute Gasteiger partial charge is 0.193 e. The van der Waals surface area contributed by atoms with E-state index in [0.717, 1.165) is 0 Å². The summed E-state index contributed by atoms with van der Waals surface area (Å²) in [5.74, 6) is -0.0667. The van der Waals surface area contributed by atoms with Gasteiger partial charge in [-0.15, -0.1) is 0 Å². The second kappa shape index (κ2) is 6.35. The average Bonchev–Trinajstić information content (AvgIpc) is 2.47. The number of nitrogens with zero attached hydrogens (tertiary/aromatic N) is 1. The number of oxime groups is 1. The zero-order chi connectivity index (χ0) is 14.5. The first-order valence-corrected chi connectivity index (χ1v) is 6.48. The van der Waals surface area contributed by atoms with Crippen LogP contribution in [0.25, 0.3) is 0 Å². The van der Waals surface area contributed by atoms with E-state index in [0.29, 0.717) is 27.4 Å². The molecule has 4 heteroatoms. The highest BCUT2D eigenvalue weighted by molar-refractivity contribution is 6.31. The molecule has 0 radical (unpaired) electrons. The molecule has 0 aliphatic carbocycles. The van der Waals surface area contributed by atoms with Crippen LogP contribution in [0.1, 0.15) is 28.4 Å². The molecule has 0 spiro atoms. The SMILES string of the molecule is CO/N=C(\C)c1cc(Cl)ccc1C(=O)c1ccccc1. The molecule has 0 heterocycles. The molecule has 0 unspecified atom stereocenters. The van der Waals surface area contributed by atoms with Gasteiger partial charge in [0.15, 0.2) is 5.78 Å². The van der Waals surface area contributed by atoms with E-state index >= 15 is 0 Å². The summed E-state index contributed by atoms with van der Waals surface area (Å²) in [5, 5.41) is 4.43. The fraction of sp³-hybridized carbons (Fsp3) is 0.125. The van der Waals surface area contributed by atoms with Crippen LogP contribution in [0.15, 0.2) is 53.7 Å². The predicted octanol–water partition coefficient (Wildman–Crippen LogP) is 3.94. The van der Waals surface area contributed by atoms with Gasteiger partial charge in [0.1, 0.15) is 7.11 Å². The normalized spacial score (nSPS) is 11.2. The third-order valence-corrected chi connectivity index (χ3v) is 3.12. The molecule has 0 N–H and O–H groups in total. The molecule has 3 nitrogen and oxygen atoms in total. The van der Waals surface area contributed by atoms with Crippen molar-refractivity contribution in [1.29, 1.82) is 0 Å². The zero-order valence-corrected chi connectivity index (χ0v) is 12.0. The van der Waals surface area contributed by atoms with Crippen molar-refractivity contribution in [2.45, 2.75) is 6.92 Å². The van der Waals surface area contributed by atoms with Crippen molar-refractivity contribution < 1.29 is 9.63 Å². The van der Waals surface area contributed by atoms with Gasteiger partial charge in [0, 0.05) is 21.7 Å². The first-order chi connectivity index (χ1) is 9.63. The Morgan fingerprint density at radius 3 is 2.45 bits per heavy atom. The topological polar surface area (TPSA) is 38.7 Å². The molecule has 0 aliphatic heterocycles. The van der Waals surface area contributed by atoms with Gasteiger partial charge in [-0.2, -0.15) is 0 Å². The first kappa shape index (κ1) is 14.3. The quantitative estimate of drug-likeness (QED) is 0.485. The second-order valence-electron chi connectivity index (χ2n) is 4.24. The molecule has 0 fully saturated rings. The van der Waals surface area contributed by atoms with Gasteiger partial charge in [-0.25, -0.2) is 0 Å². The Morgan fingerprint density at radius 2 is 1.80 bits per heavy atom. The number of ketones is 1. The van der Waals surface area contributed by atoms with Gasteiger partial charge >= 0.3 is 0 Å². The van der Waals surface area contributed by atoms with Crippen LogP contribution in [0, 0.1) is 0 Å². The predicted molar refractivity (Wildman–Crippen MR) is 80.5 cm³/mol. The van der Waals surface area contributed by atoms with Gasteiger partial charge in [0.05, 0.1) is 5.71 Å². The van der Waals surface area contributed by atoms with Crippen molar-refractivity contribution >= 4 is 23.1 Å². The second-order valence-corrected chi connectivity index (χ2v) is 4.68. The van der Waals surface area contributed by atoms with Gasteiger partial charge in [-0.1, -0.05) is 47.1 Å². The van der Waals surface area contributed by atoms with Crippen LogP contribution >= 0.6 is 11.6 Å². The minimum atomic E-state index is -0.0667. The Labute approximate surface area is 122 Å². The van der Waals surface area contributed by atoms with Crippen molar-refractivity contribution in [3.8, 4) is 0 Å². The maximum atomic E-state index is 12.5. The van der Waals surface area contributed by atoms with Gasteiger partial charge in [0.2, 0.25) is 0 Å². The van der Waals surface area contributed by atoms with Crippen LogP contribution < -0.4 is 0 Å². The standard InChI is InChI=1S/C16H14ClNO2/c1-11(18-20-2)15-10-13(17)8-9-14(15)16(19)12-6-4-3-5-7-12/h3-10H,1-2H3/b18-11+. The van der Waals surface area contributed by atoms with E-state index in [-0.39, 0.29) is 5.78 Å². The van der Waals surface area contributed by atoms with E-state index < -0.39 is 0 Å². The number of hydrogen-bond acceptors (Lipinski definition) is 3. The Kier molecular flexibility index (Phi) is 4.53. The van der Waals surface area contributed by atoms with E-state index in [1.807, 2.05) is 18.2 Å². The van der Waals surface area contributed by atoms with Gasteiger partial charge in [0.25, 0.3) is 0 Å². The van der Waals surface area contributed by atoms with E-state index in [1.165, 1.54) is 7.11 Å². The summed E-state index contributed by atoms with van der Waals surface area (Å²) in [6.45, 7) is 1.77. The molecule has 0 bridgehead atoms. The summed E-state index contributed by atoms with van der Waals surface area (Å²) in [4.78, 5) is 17.3. The van der Waals surface area contributed by atoms with Crippen molar-refractivity contribution in [3.05, 3.63) is 70.2 Å². The van der Waals surface area contributed by atoms with Crippen molar-refractivity contribution in [1.82, 2.24) is 0 Å². The maximum Gasteiger partial charge on any atom is 0.193 e. The Morgan fingerprint density at radius 1 is 1.10 bits per heavy atom. The third kappa shape index (κ3) is 3.06. The van der Waals surface area contributed by atoms with E-state index in [4.69, 9.17) is 16.4 Å². The van der Waals surface area contributed by atoms with Crippen LogP contribution in [0.2, 0.25) is 5.02 Å². The van der Waals surface area contributed by atoms with Crippen molar-refractivity contribution in [2.24, 2.45) is 5.16 Å². The van der Waals surface area contributed by atoms with E-state index in [1.54, 1.807) is 37.3 Å². The fourth-order valence-corrected chi connectivity index (χ4v) is 2.12. The minimum Gasteiger partial charge on any atom is -0.399 e. The molecule has 2 aromatic carbocycles. The largest absolute Gasteiger partial charge is 0.399 e. The number of rotatable bonds is 4. The molecule has 0 aromatic heterocycles. The molecule has 0 aliphatic rings. The molecule has 2 rings (SSSR count). The summed E-state index contributed by atoms with van der Waals surface area (Å²) in [6.07, 6.45) is 0. The zero-order valence-electron chi connectivity index (χ0n) is 11.3. The lowest BCUT2D eigenvalue weighted by molar-refractivity contribution is 0.103. The number of benzene rings is 2. The van der Waals surface area contributed by atoms with E-state index in [2.05, 4.69) is 5.16 Å². The summed E-state index contributed by atoms with van der Waals surface area (Å²) in [7, 11) is 1.47. The van der Waals surface area contributed by atoms with Crippen molar-refractivity contribution in [2.75, 3.05) is 7.11 Å². The van der Waals surface area contributed by atoms with Gasteiger partial charge < -0.3 is 4.84 Å². The summed E-state index contributed by atoms with van der Waals surface area (Å²) in [6, 6.07) is 14.2. The number of halogens is 1. The summed E-state index contributed by atoms with van der Waals surface area (Å²) < 4.78 is 0.